The summed E-state index contributed by atoms with van der Waals surface area (Å²) >= 11 is 3.69. The Bertz CT molecular complexity index is 413. The third kappa shape index (κ3) is 2.30. The van der Waals surface area contributed by atoms with E-state index in [1.807, 2.05) is 6.07 Å². The Morgan fingerprint density at radius 3 is 3.00 bits per heavy atom. The number of ether oxygens (including phenoxy) is 2. The quantitative estimate of drug-likeness (QED) is 0.792. The van der Waals surface area contributed by atoms with Crippen LogP contribution in [0.3, 0.4) is 0 Å². The molecule has 0 aromatic heterocycles. The van der Waals surface area contributed by atoms with Gasteiger partial charge in [0.15, 0.2) is 0 Å². The fourth-order valence-corrected chi connectivity index (χ4v) is 3.82. The molecule has 18 heavy (non-hydrogen) atoms. The third-order valence-electron chi connectivity index (χ3n) is 4.17. The first kappa shape index (κ1) is 12.5. The fraction of sp³-hybridized carbons (Fsp3) is 0.600. The van der Waals surface area contributed by atoms with Crippen molar-refractivity contribution in [1.29, 1.82) is 0 Å². The van der Waals surface area contributed by atoms with E-state index in [1.54, 1.807) is 0 Å². The second-order valence-corrected chi connectivity index (χ2v) is 6.10. The Morgan fingerprint density at radius 2 is 2.22 bits per heavy atom. The summed E-state index contributed by atoms with van der Waals surface area (Å²) in [5.41, 5.74) is 1.67. The van der Waals surface area contributed by atoms with Gasteiger partial charge in [-0.25, -0.2) is 0 Å². The monoisotopic (exact) mass is 310 g/mol. The van der Waals surface area contributed by atoms with Gasteiger partial charge in [0.1, 0.15) is 5.75 Å². The zero-order valence-corrected chi connectivity index (χ0v) is 12.1. The molecule has 3 heteroatoms. The van der Waals surface area contributed by atoms with Crippen molar-refractivity contribution in [2.45, 2.75) is 25.2 Å². The molecule has 2 atom stereocenters. The van der Waals surface area contributed by atoms with Gasteiger partial charge in [-0.15, -0.1) is 0 Å². The number of hydrogen-bond acceptors (Lipinski definition) is 2. The lowest BCUT2D eigenvalue weighted by Gasteiger charge is -2.37. The van der Waals surface area contributed by atoms with Crippen molar-refractivity contribution in [2.75, 3.05) is 25.2 Å². The summed E-state index contributed by atoms with van der Waals surface area (Å²) in [6, 6.07) is 8.44. The van der Waals surface area contributed by atoms with E-state index in [0.717, 1.165) is 37.3 Å². The van der Waals surface area contributed by atoms with Crippen molar-refractivity contribution >= 4 is 15.9 Å². The van der Waals surface area contributed by atoms with Gasteiger partial charge in [-0.05, 0) is 25.3 Å². The molecule has 1 aromatic carbocycles. The molecule has 2 nitrogen and oxygen atoms in total. The number of para-hydroxylation sites is 1. The summed E-state index contributed by atoms with van der Waals surface area (Å²) < 4.78 is 11.5. The Balaban J connectivity index is 1.77. The van der Waals surface area contributed by atoms with Crippen LogP contribution in [0.5, 0.6) is 5.75 Å². The molecule has 98 valence electrons. The molecule has 2 unspecified atom stereocenters. The molecule has 0 bridgehead atoms. The molecule has 0 saturated carbocycles. The molecular formula is C15H19BrO2. The van der Waals surface area contributed by atoms with Crippen molar-refractivity contribution < 1.29 is 9.47 Å². The Labute approximate surface area is 117 Å². The van der Waals surface area contributed by atoms with Crippen molar-refractivity contribution in [3.8, 4) is 5.75 Å². The Morgan fingerprint density at radius 1 is 1.33 bits per heavy atom. The molecule has 1 aromatic rings. The van der Waals surface area contributed by atoms with Crippen LogP contribution >= 0.6 is 15.9 Å². The smallest absolute Gasteiger partial charge is 0.122 e. The van der Waals surface area contributed by atoms with E-state index in [1.165, 1.54) is 18.4 Å². The molecule has 2 aliphatic heterocycles. The van der Waals surface area contributed by atoms with Gasteiger partial charge < -0.3 is 9.47 Å². The number of alkyl halides is 1. The van der Waals surface area contributed by atoms with Gasteiger partial charge in [-0.1, -0.05) is 34.1 Å². The average Bonchev–Trinajstić information content (AvgIpc) is 2.83. The summed E-state index contributed by atoms with van der Waals surface area (Å²) in [5.74, 6) is 1.60. The van der Waals surface area contributed by atoms with Crippen LogP contribution in [0.15, 0.2) is 24.3 Å². The van der Waals surface area contributed by atoms with Crippen LogP contribution in [0.2, 0.25) is 0 Å². The molecule has 0 aliphatic carbocycles. The average molecular weight is 311 g/mol. The highest BCUT2D eigenvalue weighted by Gasteiger charge is 2.37. The van der Waals surface area contributed by atoms with Gasteiger partial charge in [0.2, 0.25) is 0 Å². The third-order valence-corrected chi connectivity index (χ3v) is 5.36. The second kappa shape index (κ2) is 5.22. The maximum Gasteiger partial charge on any atom is 0.122 e. The van der Waals surface area contributed by atoms with Crippen molar-refractivity contribution in [3.63, 3.8) is 0 Å². The Kier molecular flexibility index (Phi) is 3.62. The summed E-state index contributed by atoms with van der Waals surface area (Å²) in [7, 11) is 0. The largest absolute Gasteiger partial charge is 0.493 e. The van der Waals surface area contributed by atoms with Crippen molar-refractivity contribution in [2.24, 2.45) is 5.41 Å². The minimum atomic E-state index is 0.295. The molecule has 0 spiro atoms. The summed E-state index contributed by atoms with van der Waals surface area (Å²) in [6.07, 6.45) is 3.60. The topological polar surface area (TPSA) is 18.5 Å². The zero-order valence-electron chi connectivity index (χ0n) is 10.5. The van der Waals surface area contributed by atoms with E-state index in [0.29, 0.717) is 11.3 Å². The lowest BCUT2D eigenvalue weighted by Crippen LogP contribution is -2.35. The molecular weight excluding hydrogens is 292 g/mol. The van der Waals surface area contributed by atoms with Gasteiger partial charge in [-0.2, -0.15) is 0 Å². The normalized spacial score (nSPS) is 30.8. The van der Waals surface area contributed by atoms with Crippen molar-refractivity contribution in [3.05, 3.63) is 29.8 Å². The Hall–Kier alpha value is -0.540. The second-order valence-electron chi connectivity index (χ2n) is 5.54. The van der Waals surface area contributed by atoms with Gasteiger partial charge in [0.05, 0.1) is 13.2 Å². The van der Waals surface area contributed by atoms with Crippen LogP contribution in [-0.2, 0) is 4.74 Å². The van der Waals surface area contributed by atoms with E-state index in [2.05, 4.69) is 34.1 Å². The molecule has 0 radical (unpaired) electrons. The molecule has 1 fully saturated rings. The zero-order chi connectivity index (χ0) is 12.4. The molecule has 2 heterocycles. The van der Waals surface area contributed by atoms with Crippen LogP contribution in [0.1, 0.15) is 30.7 Å². The van der Waals surface area contributed by atoms with Crippen LogP contribution in [0.25, 0.3) is 0 Å². The van der Waals surface area contributed by atoms with E-state index in [-0.39, 0.29) is 0 Å². The van der Waals surface area contributed by atoms with E-state index in [4.69, 9.17) is 9.47 Å². The van der Waals surface area contributed by atoms with Crippen LogP contribution in [0, 0.1) is 5.41 Å². The summed E-state index contributed by atoms with van der Waals surface area (Å²) in [6.45, 7) is 2.64. The van der Waals surface area contributed by atoms with Crippen LogP contribution in [-0.4, -0.2) is 25.2 Å². The van der Waals surface area contributed by atoms with E-state index >= 15 is 0 Å². The maximum atomic E-state index is 5.79. The number of rotatable bonds is 3. The summed E-state index contributed by atoms with van der Waals surface area (Å²) in [4.78, 5) is 0. The highest BCUT2D eigenvalue weighted by atomic mass is 79.9. The molecule has 1 saturated heterocycles. The minimum Gasteiger partial charge on any atom is -0.493 e. The number of hydrogen-bond donors (Lipinski definition) is 0. The molecule has 0 amide bonds. The summed E-state index contributed by atoms with van der Waals surface area (Å²) in [5, 5.41) is 1.03. The number of halogens is 1. The molecule has 0 N–H and O–H groups in total. The predicted octanol–water partition coefficient (Wildman–Crippen LogP) is 3.74. The first-order valence-electron chi connectivity index (χ1n) is 6.68. The van der Waals surface area contributed by atoms with Crippen molar-refractivity contribution in [1.82, 2.24) is 0 Å². The van der Waals surface area contributed by atoms with Gasteiger partial charge in [-0.3, -0.25) is 0 Å². The van der Waals surface area contributed by atoms with Crippen LogP contribution in [0.4, 0.5) is 0 Å². The first-order valence-corrected chi connectivity index (χ1v) is 7.81. The predicted molar refractivity (Wildman–Crippen MR) is 75.6 cm³/mol. The first-order chi connectivity index (χ1) is 8.83. The van der Waals surface area contributed by atoms with E-state index < -0.39 is 0 Å². The SMILES string of the molecule is BrCC1(CC2COc3ccccc32)CCCOC1. The highest BCUT2D eigenvalue weighted by Crippen LogP contribution is 2.44. The lowest BCUT2D eigenvalue weighted by molar-refractivity contribution is -0.00299. The number of fused-ring (bicyclic) bond motifs is 1. The molecule has 3 rings (SSSR count). The van der Waals surface area contributed by atoms with Gasteiger partial charge in [0, 0.05) is 28.8 Å². The maximum absolute atomic E-state index is 5.79. The lowest BCUT2D eigenvalue weighted by atomic mass is 9.76. The highest BCUT2D eigenvalue weighted by molar-refractivity contribution is 9.09. The molecule has 2 aliphatic rings. The van der Waals surface area contributed by atoms with Gasteiger partial charge in [0.25, 0.3) is 0 Å². The van der Waals surface area contributed by atoms with E-state index in [9.17, 15) is 0 Å². The number of benzene rings is 1. The van der Waals surface area contributed by atoms with Gasteiger partial charge >= 0.3 is 0 Å². The fourth-order valence-electron chi connectivity index (χ4n) is 3.15. The standard InChI is InChI=1S/C15H19BrO2/c16-10-15(6-3-7-17-11-15)8-12-9-18-14-5-2-1-4-13(12)14/h1-2,4-5,12H,3,6-11H2. The minimum absolute atomic E-state index is 0.295. The van der Waals surface area contributed by atoms with Crippen LogP contribution < -0.4 is 4.74 Å².